The van der Waals surface area contributed by atoms with Gasteiger partial charge in [0.1, 0.15) is 5.78 Å². The van der Waals surface area contributed by atoms with Crippen molar-refractivity contribution in [3.63, 3.8) is 0 Å². The van der Waals surface area contributed by atoms with Crippen LogP contribution < -0.4 is 0 Å². The Morgan fingerprint density at radius 1 is 1.00 bits per heavy atom. The minimum atomic E-state index is -1.19. The van der Waals surface area contributed by atoms with Crippen molar-refractivity contribution in [3.05, 3.63) is 34.6 Å². The molecule has 2 atom stereocenters. The molecule has 0 unspecified atom stereocenters. The number of hydrogen-bond donors (Lipinski definition) is 0. The molecule has 0 saturated heterocycles. The number of ether oxygens (including phenoxy) is 2. The highest BCUT2D eigenvalue weighted by Crippen LogP contribution is 2.63. The van der Waals surface area contributed by atoms with E-state index >= 15 is 0 Å². The van der Waals surface area contributed by atoms with E-state index in [0.717, 1.165) is 0 Å². The monoisotopic (exact) mass is 372 g/mol. The first kappa shape index (κ1) is 19.7. The average molecular weight is 372 g/mol. The summed E-state index contributed by atoms with van der Waals surface area (Å²) in [5.74, 6) is -0.711. The zero-order valence-electron chi connectivity index (χ0n) is 17.1. The number of rotatable bonds is 3. The molecule has 3 aliphatic rings. The molecule has 5 nitrogen and oxygen atoms in total. The van der Waals surface area contributed by atoms with Crippen LogP contribution in [0.4, 0.5) is 0 Å². The number of carbonyl (C=O) groups excluding carboxylic acids is 3. The molecule has 3 rings (SSSR count). The molecule has 0 aromatic rings. The van der Waals surface area contributed by atoms with Crippen molar-refractivity contribution >= 4 is 17.3 Å². The Bertz CT molecular complexity index is 841. The molecule has 0 aromatic heterocycles. The number of allylic oxidation sites excluding steroid dienone is 4. The van der Waals surface area contributed by atoms with Crippen LogP contribution >= 0.6 is 0 Å². The Morgan fingerprint density at radius 3 is 2.15 bits per heavy atom. The van der Waals surface area contributed by atoms with E-state index in [-0.39, 0.29) is 39.7 Å². The fraction of sp³-hybridized carbons (Fsp3) is 0.591. The molecule has 0 radical (unpaired) electrons. The fourth-order valence-corrected chi connectivity index (χ4v) is 5.67. The summed E-state index contributed by atoms with van der Waals surface area (Å²) in [5, 5.41) is 0. The van der Waals surface area contributed by atoms with Gasteiger partial charge in [-0.1, -0.05) is 20.4 Å². The lowest BCUT2D eigenvalue weighted by Gasteiger charge is -2.61. The highest BCUT2D eigenvalue weighted by molar-refractivity contribution is 6.28. The van der Waals surface area contributed by atoms with Gasteiger partial charge in [-0.05, 0) is 44.1 Å². The SMILES string of the molecule is C=C(C)C1=C(OC)C(=O)C2=C(CC[C@@]3(OC)C(C)(C)CCC(=O)[C@]23C)C1=O. The fourth-order valence-electron chi connectivity index (χ4n) is 5.67. The van der Waals surface area contributed by atoms with Gasteiger partial charge in [0.25, 0.3) is 0 Å². The van der Waals surface area contributed by atoms with E-state index in [0.29, 0.717) is 36.8 Å². The third-order valence-corrected chi connectivity index (χ3v) is 7.11. The van der Waals surface area contributed by atoms with Gasteiger partial charge in [-0.25, -0.2) is 0 Å². The van der Waals surface area contributed by atoms with Crippen LogP contribution in [0.15, 0.2) is 34.6 Å². The smallest absolute Gasteiger partial charge is 0.225 e. The highest BCUT2D eigenvalue weighted by Gasteiger charge is 2.68. The summed E-state index contributed by atoms with van der Waals surface area (Å²) in [6, 6.07) is 0. The second-order valence-electron chi connectivity index (χ2n) is 8.66. The first-order valence-electron chi connectivity index (χ1n) is 9.35. The molecule has 0 spiro atoms. The van der Waals surface area contributed by atoms with Crippen LogP contribution in [-0.4, -0.2) is 37.2 Å². The maximum absolute atomic E-state index is 13.5. The van der Waals surface area contributed by atoms with Crippen molar-refractivity contribution in [3.8, 4) is 0 Å². The van der Waals surface area contributed by atoms with Crippen molar-refractivity contribution in [2.75, 3.05) is 14.2 Å². The molecule has 0 heterocycles. The van der Waals surface area contributed by atoms with E-state index in [9.17, 15) is 14.4 Å². The Morgan fingerprint density at radius 2 is 1.63 bits per heavy atom. The van der Waals surface area contributed by atoms with Gasteiger partial charge in [-0.3, -0.25) is 14.4 Å². The number of Topliss-reactive ketones (excluding diaryl/α,β-unsaturated/α-hetero) is 3. The molecule has 0 bridgehead atoms. The molecule has 3 aliphatic carbocycles. The quantitative estimate of drug-likeness (QED) is 0.710. The van der Waals surface area contributed by atoms with Gasteiger partial charge in [-0.15, -0.1) is 0 Å². The molecule has 27 heavy (non-hydrogen) atoms. The molecule has 1 fully saturated rings. The average Bonchev–Trinajstić information content (AvgIpc) is 2.60. The Hall–Kier alpha value is -2.01. The predicted octanol–water partition coefficient (Wildman–Crippen LogP) is 3.49. The summed E-state index contributed by atoms with van der Waals surface area (Å²) < 4.78 is 11.4. The summed E-state index contributed by atoms with van der Waals surface area (Å²) in [6.45, 7) is 11.5. The summed E-state index contributed by atoms with van der Waals surface area (Å²) in [6.07, 6.45) is 1.95. The summed E-state index contributed by atoms with van der Waals surface area (Å²) in [5.41, 5.74) is -0.964. The van der Waals surface area contributed by atoms with Crippen LogP contribution in [0, 0.1) is 10.8 Å². The molecule has 146 valence electrons. The summed E-state index contributed by atoms with van der Waals surface area (Å²) in [7, 11) is 2.97. The van der Waals surface area contributed by atoms with Crippen molar-refractivity contribution in [1.29, 1.82) is 0 Å². The zero-order chi connectivity index (χ0) is 20.4. The summed E-state index contributed by atoms with van der Waals surface area (Å²) in [4.78, 5) is 40.0. The topological polar surface area (TPSA) is 69.7 Å². The molecule has 5 heteroatoms. The number of hydrogen-bond acceptors (Lipinski definition) is 5. The van der Waals surface area contributed by atoms with Crippen LogP contribution in [0.5, 0.6) is 0 Å². The van der Waals surface area contributed by atoms with E-state index in [2.05, 4.69) is 20.4 Å². The second kappa shape index (κ2) is 5.99. The number of ketones is 3. The maximum Gasteiger partial charge on any atom is 0.225 e. The Balaban J connectivity index is 2.33. The van der Waals surface area contributed by atoms with Crippen LogP contribution in [0.2, 0.25) is 0 Å². The lowest BCUT2D eigenvalue weighted by Crippen LogP contribution is -2.67. The van der Waals surface area contributed by atoms with Crippen molar-refractivity contribution < 1.29 is 23.9 Å². The molecular weight excluding hydrogens is 344 g/mol. The van der Waals surface area contributed by atoms with Gasteiger partial charge in [0, 0.05) is 24.7 Å². The first-order valence-corrected chi connectivity index (χ1v) is 9.35. The molecule has 0 amide bonds. The molecular formula is C22H28O5. The van der Waals surface area contributed by atoms with E-state index in [1.54, 1.807) is 21.0 Å². The third-order valence-electron chi connectivity index (χ3n) is 7.11. The van der Waals surface area contributed by atoms with Gasteiger partial charge < -0.3 is 9.47 Å². The van der Waals surface area contributed by atoms with Crippen molar-refractivity contribution in [1.82, 2.24) is 0 Å². The first-order chi connectivity index (χ1) is 12.5. The molecule has 0 aromatic carbocycles. The van der Waals surface area contributed by atoms with E-state index < -0.39 is 11.0 Å². The van der Waals surface area contributed by atoms with Crippen LogP contribution in [-0.2, 0) is 23.9 Å². The zero-order valence-corrected chi connectivity index (χ0v) is 17.1. The van der Waals surface area contributed by atoms with Gasteiger partial charge in [0.2, 0.25) is 5.78 Å². The van der Waals surface area contributed by atoms with Crippen molar-refractivity contribution in [2.24, 2.45) is 10.8 Å². The molecule has 1 saturated carbocycles. The lowest BCUT2D eigenvalue weighted by atomic mass is 9.45. The number of fused-ring (bicyclic) bond motifs is 2. The predicted molar refractivity (Wildman–Crippen MR) is 101 cm³/mol. The summed E-state index contributed by atoms with van der Waals surface area (Å²) >= 11 is 0. The third kappa shape index (κ3) is 2.18. The normalized spacial score (nSPS) is 33.0. The number of methoxy groups -OCH3 is 2. The maximum atomic E-state index is 13.5. The van der Waals surface area contributed by atoms with Gasteiger partial charge in [0.15, 0.2) is 11.5 Å². The van der Waals surface area contributed by atoms with Crippen LogP contribution in [0.3, 0.4) is 0 Å². The van der Waals surface area contributed by atoms with Gasteiger partial charge in [0.05, 0.1) is 23.7 Å². The lowest BCUT2D eigenvalue weighted by molar-refractivity contribution is -0.199. The minimum absolute atomic E-state index is 0.0180. The second-order valence-corrected chi connectivity index (χ2v) is 8.66. The Labute approximate surface area is 160 Å². The van der Waals surface area contributed by atoms with E-state index in [1.165, 1.54) is 7.11 Å². The molecule has 0 N–H and O–H groups in total. The molecule has 0 aliphatic heterocycles. The largest absolute Gasteiger partial charge is 0.492 e. The van der Waals surface area contributed by atoms with Crippen LogP contribution in [0.1, 0.15) is 53.4 Å². The van der Waals surface area contributed by atoms with Gasteiger partial charge >= 0.3 is 0 Å². The number of carbonyl (C=O) groups is 3. The Kier molecular flexibility index (Phi) is 4.38. The standard InChI is InChI=1S/C22H28O5/c1-12(2)15-17(24)13-8-11-22(27-7)20(3,4)10-9-14(23)21(22,5)16(13)18(25)19(15)26-6/h1,8-11H2,2-7H3/t21-,22-/m1/s1. The minimum Gasteiger partial charge on any atom is -0.492 e. The van der Waals surface area contributed by atoms with Crippen LogP contribution in [0.25, 0.3) is 0 Å². The van der Waals surface area contributed by atoms with E-state index in [1.807, 2.05) is 0 Å². The van der Waals surface area contributed by atoms with Crippen molar-refractivity contribution in [2.45, 2.75) is 59.0 Å². The van der Waals surface area contributed by atoms with E-state index in [4.69, 9.17) is 9.47 Å². The van der Waals surface area contributed by atoms with Gasteiger partial charge in [-0.2, -0.15) is 0 Å². The highest BCUT2D eigenvalue weighted by atomic mass is 16.5.